The van der Waals surface area contributed by atoms with Crippen LogP contribution in [0, 0.1) is 0 Å². The third kappa shape index (κ3) is 1.64. The van der Waals surface area contributed by atoms with E-state index in [2.05, 4.69) is 22.9 Å². The fourth-order valence-corrected chi connectivity index (χ4v) is 2.00. The molecule has 0 bridgehead atoms. The van der Waals surface area contributed by atoms with Crippen molar-refractivity contribution in [3.8, 4) is 0 Å². The molecule has 15 heavy (non-hydrogen) atoms. The molecular formula is C12H16N2O. The summed E-state index contributed by atoms with van der Waals surface area (Å²) in [5, 5.41) is 10.4. The van der Waals surface area contributed by atoms with E-state index in [9.17, 15) is 5.11 Å². The van der Waals surface area contributed by atoms with E-state index in [1.807, 2.05) is 19.2 Å². The van der Waals surface area contributed by atoms with Crippen molar-refractivity contribution in [2.24, 2.45) is 12.8 Å². The topological polar surface area (TPSA) is 51.2 Å². The van der Waals surface area contributed by atoms with Gasteiger partial charge in [-0.25, -0.2) is 0 Å². The molecule has 0 amide bonds. The van der Waals surface area contributed by atoms with Crippen molar-refractivity contribution in [1.29, 1.82) is 0 Å². The molecule has 0 radical (unpaired) electrons. The van der Waals surface area contributed by atoms with Gasteiger partial charge in [0, 0.05) is 36.6 Å². The van der Waals surface area contributed by atoms with Gasteiger partial charge in [0.05, 0.1) is 6.61 Å². The SMILES string of the molecule is Cn1cc(C(CN)CO)c2ccccc21. The summed E-state index contributed by atoms with van der Waals surface area (Å²) in [6, 6.07) is 8.17. The van der Waals surface area contributed by atoms with Gasteiger partial charge in [-0.3, -0.25) is 0 Å². The van der Waals surface area contributed by atoms with Crippen LogP contribution in [0.5, 0.6) is 0 Å². The summed E-state index contributed by atoms with van der Waals surface area (Å²) in [6.45, 7) is 0.578. The lowest BCUT2D eigenvalue weighted by Crippen LogP contribution is -2.15. The van der Waals surface area contributed by atoms with E-state index in [1.165, 1.54) is 10.9 Å². The Balaban J connectivity index is 2.61. The molecular weight excluding hydrogens is 188 g/mol. The Morgan fingerprint density at radius 1 is 1.40 bits per heavy atom. The summed E-state index contributed by atoms with van der Waals surface area (Å²) in [6.07, 6.45) is 2.05. The summed E-state index contributed by atoms with van der Waals surface area (Å²) < 4.78 is 2.07. The van der Waals surface area contributed by atoms with E-state index < -0.39 is 0 Å². The molecule has 1 heterocycles. The highest BCUT2D eigenvalue weighted by molar-refractivity contribution is 5.84. The molecule has 3 nitrogen and oxygen atoms in total. The van der Waals surface area contributed by atoms with Gasteiger partial charge in [-0.05, 0) is 11.6 Å². The van der Waals surface area contributed by atoms with Crippen molar-refractivity contribution in [3.05, 3.63) is 36.0 Å². The van der Waals surface area contributed by atoms with Gasteiger partial charge in [-0.15, -0.1) is 0 Å². The third-order valence-corrected chi connectivity index (χ3v) is 2.87. The molecule has 0 saturated carbocycles. The van der Waals surface area contributed by atoms with Crippen molar-refractivity contribution in [1.82, 2.24) is 4.57 Å². The smallest absolute Gasteiger partial charge is 0.0512 e. The first kappa shape index (κ1) is 10.2. The molecule has 1 aromatic heterocycles. The van der Waals surface area contributed by atoms with E-state index in [4.69, 9.17) is 5.73 Å². The largest absolute Gasteiger partial charge is 0.396 e. The Bertz CT molecular complexity index is 458. The summed E-state index contributed by atoms with van der Waals surface area (Å²) in [5.41, 5.74) is 7.96. The lowest BCUT2D eigenvalue weighted by atomic mass is 10.00. The van der Waals surface area contributed by atoms with E-state index in [1.54, 1.807) is 0 Å². The fourth-order valence-electron chi connectivity index (χ4n) is 2.00. The lowest BCUT2D eigenvalue weighted by Gasteiger charge is -2.09. The quantitative estimate of drug-likeness (QED) is 0.789. The van der Waals surface area contributed by atoms with E-state index in [-0.39, 0.29) is 12.5 Å². The number of aliphatic hydroxyl groups is 1. The third-order valence-electron chi connectivity index (χ3n) is 2.87. The number of benzene rings is 1. The molecule has 3 heteroatoms. The molecule has 0 fully saturated rings. The Morgan fingerprint density at radius 2 is 2.13 bits per heavy atom. The molecule has 0 aliphatic carbocycles. The van der Waals surface area contributed by atoms with Gasteiger partial charge in [0.1, 0.15) is 0 Å². The maximum absolute atomic E-state index is 9.26. The fraction of sp³-hybridized carbons (Fsp3) is 0.333. The second kappa shape index (κ2) is 4.04. The van der Waals surface area contributed by atoms with Crippen LogP contribution in [0.15, 0.2) is 30.5 Å². The van der Waals surface area contributed by atoms with Crippen LogP contribution >= 0.6 is 0 Å². The molecule has 80 valence electrons. The number of nitrogens with zero attached hydrogens (tertiary/aromatic N) is 1. The molecule has 0 aliphatic rings. The van der Waals surface area contributed by atoms with Gasteiger partial charge in [-0.2, -0.15) is 0 Å². The zero-order valence-corrected chi connectivity index (χ0v) is 8.85. The summed E-state index contributed by atoms with van der Waals surface area (Å²) in [7, 11) is 2.01. The average Bonchev–Trinajstić information content (AvgIpc) is 2.60. The Morgan fingerprint density at radius 3 is 2.80 bits per heavy atom. The highest BCUT2D eigenvalue weighted by atomic mass is 16.3. The number of nitrogens with two attached hydrogens (primary N) is 1. The number of aliphatic hydroxyl groups excluding tert-OH is 1. The van der Waals surface area contributed by atoms with Crippen LogP contribution in [0.1, 0.15) is 11.5 Å². The van der Waals surface area contributed by atoms with Crippen molar-refractivity contribution < 1.29 is 5.11 Å². The molecule has 1 atom stereocenters. The normalized spacial score (nSPS) is 13.3. The van der Waals surface area contributed by atoms with Crippen molar-refractivity contribution in [2.45, 2.75) is 5.92 Å². The van der Waals surface area contributed by atoms with Crippen LogP contribution in [0.4, 0.5) is 0 Å². The zero-order valence-electron chi connectivity index (χ0n) is 8.85. The van der Waals surface area contributed by atoms with Gasteiger partial charge in [0.25, 0.3) is 0 Å². The predicted molar refractivity (Wildman–Crippen MR) is 61.8 cm³/mol. The Labute approximate surface area is 89.1 Å². The highest BCUT2D eigenvalue weighted by Gasteiger charge is 2.14. The van der Waals surface area contributed by atoms with Crippen LogP contribution in [-0.2, 0) is 7.05 Å². The van der Waals surface area contributed by atoms with Crippen LogP contribution < -0.4 is 5.73 Å². The summed E-state index contributed by atoms with van der Waals surface area (Å²) in [4.78, 5) is 0. The average molecular weight is 204 g/mol. The van der Waals surface area contributed by atoms with Crippen LogP contribution in [-0.4, -0.2) is 22.8 Å². The monoisotopic (exact) mass is 204 g/mol. The molecule has 2 rings (SSSR count). The lowest BCUT2D eigenvalue weighted by molar-refractivity contribution is 0.268. The van der Waals surface area contributed by atoms with Crippen LogP contribution in [0.3, 0.4) is 0 Å². The van der Waals surface area contributed by atoms with Gasteiger partial charge >= 0.3 is 0 Å². The predicted octanol–water partition coefficient (Wildman–Crippen LogP) is 1.21. The Kier molecular flexibility index (Phi) is 2.75. The van der Waals surface area contributed by atoms with Crippen molar-refractivity contribution in [2.75, 3.05) is 13.2 Å². The van der Waals surface area contributed by atoms with Crippen molar-refractivity contribution in [3.63, 3.8) is 0 Å². The number of rotatable bonds is 3. The van der Waals surface area contributed by atoms with Crippen LogP contribution in [0.2, 0.25) is 0 Å². The first-order valence-corrected chi connectivity index (χ1v) is 5.12. The zero-order chi connectivity index (χ0) is 10.8. The second-order valence-corrected chi connectivity index (χ2v) is 3.83. The maximum Gasteiger partial charge on any atom is 0.0512 e. The molecule has 0 spiro atoms. The van der Waals surface area contributed by atoms with Gasteiger partial charge < -0.3 is 15.4 Å². The minimum atomic E-state index is 0.0381. The van der Waals surface area contributed by atoms with E-state index in [0.717, 1.165) is 5.56 Å². The standard InChI is InChI=1S/C12H16N2O/c1-14-7-11(9(6-13)8-15)10-4-2-3-5-12(10)14/h2-5,7,9,15H,6,8,13H2,1H3. The van der Waals surface area contributed by atoms with E-state index >= 15 is 0 Å². The van der Waals surface area contributed by atoms with E-state index in [0.29, 0.717) is 6.54 Å². The minimum Gasteiger partial charge on any atom is -0.396 e. The van der Waals surface area contributed by atoms with Crippen molar-refractivity contribution >= 4 is 10.9 Å². The number of para-hydroxylation sites is 1. The molecule has 2 aromatic rings. The van der Waals surface area contributed by atoms with Gasteiger partial charge in [0.2, 0.25) is 0 Å². The second-order valence-electron chi connectivity index (χ2n) is 3.83. The number of fused-ring (bicyclic) bond motifs is 1. The summed E-state index contributed by atoms with van der Waals surface area (Å²) >= 11 is 0. The molecule has 0 aliphatic heterocycles. The van der Waals surface area contributed by atoms with Gasteiger partial charge in [-0.1, -0.05) is 18.2 Å². The van der Waals surface area contributed by atoms with Gasteiger partial charge in [0.15, 0.2) is 0 Å². The molecule has 1 unspecified atom stereocenters. The molecule has 1 aromatic carbocycles. The molecule has 3 N–H and O–H groups in total. The number of hydrogen-bond acceptors (Lipinski definition) is 2. The number of aryl methyl sites for hydroxylation is 1. The van der Waals surface area contributed by atoms with Crippen LogP contribution in [0.25, 0.3) is 10.9 Å². The molecule has 0 saturated heterocycles. The maximum atomic E-state index is 9.26. The number of hydrogen-bond donors (Lipinski definition) is 2. The summed E-state index contributed by atoms with van der Waals surface area (Å²) in [5.74, 6) is 0.0381. The highest BCUT2D eigenvalue weighted by Crippen LogP contribution is 2.26. The Hall–Kier alpha value is -1.32. The first-order chi connectivity index (χ1) is 7.27. The first-order valence-electron chi connectivity index (χ1n) is 5.12. The minimum absolute atomic E-state index is 0.0381. The number of aromatic nitrogens is 1.